The second-order valence-electron chi connectivity index (χ2n) is 7.40. The number of rotatable bonds is 11. The van der Waals surface area contributed by atoms with Gasteiger partial charge in [0.25, 0.3) is 0 Å². The summed E-state index contributed by atoms with van der Waals surface area (Å²) in [5, 5.41) is 3.20. The first-order valence-corrected chi connectivity index (χ1v) is 12.8. The Hall–Kier alpha value is -2.78. The van der Waals surface area contributed by atoms with Crippen LogP contribution < -0.4 is 14.4 Å². The van der Waals surface area contributed by atoms with Gasteiger partial charge in [-0.3, -0.25) is 13.9 Å². The molecule has 0 aliphatic heterocycles. The van der Waals surface area contributed by atoms with Gasteiger partial charge in [0, 0.05) is 24.2 Å². The monoisotopic (exact) mass is 495 g/mol. The van der Waals surface area contributed by atoms with Gasteiger partial charge in [-0.25, -0.2) is 8.42 Å². The van der Waals surface area contributed by atoms with E-state index >= 15 is 0 Å². The molecule has 33 heavy (non-hydrogen) atoms. The molecule has 2 aromatic carbocycles. The number of nitrogens with one attached hydrogen (secondary N) is 1. The molecule has 10 heteroatoms. The number of hydrogen-bond acceptors (Lipinski definition) is 5. The molecule has 0 spiro atoms. The van der Waals surface area contributed by atoms with E-state index in [2.05, 4.69) is 5.32 Å². The molecule has 0 fully saturated rings. The molecule has 0 bridgehead atoms. The average Bonchev–Trinajstić information content (AvgIpc) is 2.77. The maximum absolute atomic E-state index is 13.5. The van der Waals surface area contributed by atoms with Crippen molar-refractivity contribution in [2.45, 2.75) is 32.9 Å². The highest BCUT2D eigenvalue weighted by atomic mass is 35.5. The van der Waals surface area contributed by atoms with Gasteiger partial charge in [0.15, 0.2) is 0 Å². The minimum Gasteiger partial charge on any atom is -0.497 e. The molecule has 180 valence electrons. The van der Waals surface area contributed by atoms with E-state index in [4.69, 9.17) is 16.3 Å². The molecule has 0 saturated heterocycles. The third-order valence-electron chi connectivity index (χ3n) is 5.06. The van der Waals surface area contributed by atoms with Crippen molar-refractivity contribution in [3.8, 4) is 5.75 Å². The third kappa shape index (κ3) is 7.10. The Balaban J connectivity index is 2.46. The fourth-order valence-corrected chi connectivity index (χ4v) is 4.44. The van der Waals surface area contributed by atoms with Crippen LogP contribution in [-0.2, 0) is 26.2 Å². The van der Waals surface area contributed by atoms with Gasteiger partial charge in [0.05, 0.1) is 19.1 Å². The van der Waals surface area contributed by atoms with Crippen molar-refractivity contribution in [2.75, 3.05) is 30.8 Å². The number of carbonyl (C=O) groups excluding carboxylic acids is 2. The lowest BCUT2D eigenvalue weighted by molar-refractivity contribution is -0.140. The molecule has 1 atom stereocenters. The van der Waals surface area contributed by atoms with Gasteiger partial charge in [0.1, 0.15) is 18.3 Å². The highest BCUT2D eigenvalue weighted by Crippen LogP contribution is 2.25. The minimum atomic E-state index is -3.81. The van der Waals surface area contributed by atoms with Crippen molar-refractivity contribution >= 4 is 39.1 Å². The minimum absolute atomic E-state index is 0.0594. The topological polar surface area (TPSA) is 96.0 Å². The Labute approximate surface area is 200 Å². The number of halogens is 1. The van der Waals surface area contributed by atoms with Gasteiger partial charge in [0.2, 0.25) is 21.8 Å². The molecule has 2 aromatic rings. The molecule has 1 N–H and O–H groups in total. The molecule has 2 amide bonds. The second-order valence-corrected chi connectivity index (χ2v) is 9.72. The van der Waals surface area contributed by atoms with Crippen LogP contribution in [0.3, 0.4) is 0 Å². The van der Waals surface area contributed by atoms with Crippen LogP contribution in [0.5, 0.6) is 5.75 Å². The van der Waals surface area contributed by atoms with Crippen molar-refractivity contribution in [1.29, 1.82) is 0 Å². The van der Waals surface area contributed by atoms with Crippen molar-refractivity contribution in [2.24, 2.45) is 0 Å². The second kappa shape index (κ2) is 11.9. The molecule has 0 saturated carbocycles. The van der Waals surface area contributed by atoms with E-state index < -0.39 is 28.5 Å². The summed E-state index contributed by atoms with van der Waals surface area (Å²) in [4.78, 5) is 27.6. The SMILES string of the molecule is CCNC(=O)[C@H](CC)N(Cc1ccccc1Cl)C(=O)CN(c1cccc(OC)c1)S(C)(=O)=O. The number of hydrogen-bond donors (Lipinski definition) is 1. The molecule has 2 rings (SSSR count). The summed E-state index contributed by atoms with van der Waals surface area (Å²) in [5.41, 5.74) is 0.941. The molecule has 8 nitrogen and oxygen atoms in total. The van der Waals surface area contributed by atoms with Crippen molar-refractivity contribution in [3.63, 3.8) is 0 Å². The Morgan fingerprint density at radius 2 is 1.82 bits per heavy atom. The number of methoxy groups -OCH3 is 1. The lowest BCUT2D eigenvalue weighted by Gasteiger charge is -2.33. The molecular formula is C23H30ClN3O5S. The predicted octanol–water partition coefficient (Wildman–Crippen LogP) is 3.06. The van der Waals surface area contributed by atoms with Gasteiger partial charge in [-0.1, -0.05) is 42.8 Å². The number of amides is 2. The van der Waals surface area contributed by atoms with Crippen molar-refractivity contribution < 1.29 is 22.7 Å². The number of ether oxygens (including phenoxy) is 1. The van der Waals surface area contributed by atoms with Crippen LogP contribution in [0.4, 0.5) is 5.69 Å². The molecule has 0 radical (unpaired) electrons. The molecular weight excluding hydrogens is 466 g/mol. The van der Waals surface area contributed by atoms with Gasteiger partial charge < -0.3 is 15.0 Å². The summed E-state index contributed by atoms with van der Waals surface area (Å²) < 4.78 is 31.4. The maximum atomic E-state index is 13.5. The van der Waals surface area contributed by atoms with Crippen molar-refractivity contribution in [3.05, 3.63) is 59.1 Å². The Morgan fingerprint density at radius 1 is 1.12 bits per heavy atom. The zero-order valence-corrected chi connectivity index (χ0v) is 20.8. The Kier molecular flexibility index (Phi) is 9.55. The first kappa shape index (κ1) is 26.5. The van der Waals surface area contributed by atoms with Crippen LogP contribution in [-0.4, -0.2) is 57.6 Å². The van der Waals surface area contributed by atoms with Gasteiger partial charge >= 0.3 is 0 Å². The standard InChI is InChI=1S/C23H30ClN3O5S/c1-5-21(23(29)25-6-2)26(15-17-10-7-8-13-20(17)24)22(28)16-27(33(4,30)31)18-11-9-12-19(14-18)32-3/h7-14,21H,5-6,15-16H2,1-4H3,(H,25,29)/t21-/m0/s1. The average molecular weight is 496 g/mol. The predicted molar refractivity (Wildman–Crippen MR) is 130 cm³/mol. The van der Waals surface area contributed by atoms with E-state index in [1.54, 1.807) is 56.3 Å². The molecule has 0 heterocycles. The summed E-state index contributed by atoms with van der Waals surface area (Å²) >= 11 is 6.31. The smallest absolute Gasteiger partial charge is 0.244 e. The van der Waals surface area contributed by atoms with Gasteiger partial charge in [-0.05, 0) is 37.1 Å². The van der Waals surface area contributed by atoms with E-state index in [-0.39, 0.29) is 18.1 Å². The number of carbonyl (C=O) groups is 2. The summed E-state index contributed by atoms with van der Waals surface area (Å²) in [6, 6.07) is 12.7. The molecule has 0 unspecified atom stereocenters. The van der Waals surface area contributed by atoms with E-state index in [0.717, 1.165) is 10.6 Å². The fraction of sp³-hybridized carbons (Fsp3) is 0.391. The molecule has 0 aliphatic rings. The van der Waals surface area contributed by atoms with Crippen LogP contribution in [0, 0.1) is 0 Å². The molecule has 0 aromatic heterocycles. The zero-order valence-electron chi connectivity index (χ0n) is 19.2. The number of nitrogens with zero attached hydrogens (tertiary/aromatic N) is 2. The van der Waals surface area contributed by atoms with Crippen LogP contribution in [0.1, 0.15) is 25.8 Å². The van der Waals surface area contributed by atoms with Crippen LogP contribution in [0.2, 0.25) is 5.02 Å². The summed E-state index contributed by atoms with van der Waals surface area (Å²) in [6.07, 6.45) is 1.37. The summed E-state index contributed by atoms with van der Waals surface area (Å²) in [6.45, 7) is 3.57. The summed E-state index contributed by atoms with van der Waals surface area (Å²) in [5.74, 6) is -0.385. The number of sulfonamides is 1. The first-order valence-electron chi connectivity index (χ1n) is 10.5. The Bertz CT molecular complexity index is 1080. The number of anilines is 1. The summed E-state index contributed by atoms with van der Waals surface area (Å²) in [7, 11) is -2.34. The highest BCUT2D eigenvalue weighted by Gasteiger charge is 2.32. The maximum Gasteiger partial charge on any atom is 0.244 e. The lowest BCUT2D eigenvalue weighted by atomic mass is 10.1. The van der Waals surface area contributed by atoms with Crippen LogP contribution in [0.15, 0.2) is 48.5 Å². The number of benzene rings is 2. The van der Waals surface area contributed by atoms with E-state index in [0.29, 0.717) is 29.3 Å². The van der Waals surface area contributed by atoms with Crippen LogP contribution >= 0.6 is 11.6 Å². The largest absolute Gasteiger partial charge is 0.497 e. The van der Waals surface area contributed by atoms with E-state index in [1.807, 2.05) is 0 Å². The van der Waals surface area contributed by atoms with E-state index in [9.17, 15) is 18.0 Å². The highest BCUT2D eigenvalue weighted by molar-refractivity contribution is 7.92. The quantitative estimate of drug-likeness (QED) is 0.517. The Morgan fingerprint density at radius 3 is 2.39 bits per heavy atom. The zero-order chi connectivity index (χ0) is 24.6. The first-order chi connectivity index (χ1) is 15.6. The molecule has 0 aliphatic carbocycles. The van der Waals surface area contributed by atoms with E-state index in [1.165, 1.54) is 18.1 Å². The number of likely N-dealkylation sites (N-methyl/N-ethyl adjacent to an activating group) is 1. The van der Waals surface area contributed by atoms with Crippen LogP contribution in [0.25, 0.3) is 0 Å². The third-order valence-corrected chi connectivity index (χ3v) is 6.57. The normalized spacial score (nSPS) is 12.0. The lowest BCUT2D eigenvalue weighted by Crippen LogP contribution is -2.52. The van der Waals surface area contributed by atoms with Crippen molar-refractivity contribution in [1.82, 2.24) is 10.2 Å². The van der Waals surface area contributed by atoms with Gasteiger partial charge in [-0.2, -0.15) is 0 Å². The fourth-order valence-electron chi connectivity index (χ4n) is 3.40. The van der Waals surface area contributed by atoms with Gasteiger partial charge in [-0.15, -0.1) is 0 Å².